The zero-order valence-corrected chi connectivity index (χ0v) is 15.3. The van der Waals surface area contributed by atoms with Gasteiger partial charge < -0.3 is 14.6 Å². The largest absolute Gasteiger partial charge is 0.459 e. The number of amides is 2. The Morgan fingerprint density at radius 3 is 2.48 bits per heavy atom. The topological polar surface area (TPSA) is 74.6 Å². The number of nitrogens with zero attached hydrogens (tertiary/aromatic N) is 1. The lowest BCUT2D eigenvalue weighted by atomic mass is 10.1. The van der Waals surface area contributed by atoms with Crippen molar-refractivity contribution in [3.8, 4) is 0 Å². The third kappa shape index (κ3) is 4.59. The SMILES string of the molecule is CN(C(=O)c1cccc(NC(=S)NC(=O)c2ccco2)c1)c1ccccc1. The Bertz CT molecular complexity index is 956. The molecule has 0 aliphatic carbocycles. The van der Waals surface area contributed by atoms with E-state index < -0.39 is 5.91 Å². The molecule has 3 aromatic rings. The minimum Gasteiger partial charge on any atom is -0.459 e. The molecule has 2 aromatic carbocycles. The average molecular weight is 379 g/mol. The molecule has 0 saturated carbocycles. The first-order chi connectivity index (χ1) is 13.0. The van der Waals surface area contributed by atoms with Crippen LogP contribution in [0.1, 0.15) is 20.9 Å². The number of hydrogen-bond donors (Lipinski definition) is 2. The van der Waals surface area contributed by atoms with E-state index in [-0.39, 0.29) is 16.8 Å². The van der Waals surface area contributed by atoms with Gasteiger partial charge in [-0.05, 0) is 54.7 Å². The molecule has 136 valence electrons. The fraction of sp³-hybridized carbons (Fsp3) is 0.0500. The minimum absolute atomic E-state index is 0.109. The van der Waals surface area contributed by atoms with Crippen LogP contribution in [0.15, 0.2) is 77.4 Å². The predicted octanol–water partition coefficient (Wildman–Crippen LogP) is 3.68. The number of thiocarbonyl (C=S) groups is 1. The summed E-state index contributed by atoms with van der Waals surface area (Å²) in [5.41, 5.74) is 1.88. The zero-order chi connectivity index (χ0) is 19.2. The molecule has 0 atom stereocenters. The van der Waals surface area contributed by atoms with Gasteiger partial charge in [0.25, 0.3) is 11.8 Å². The summed E-state index contributed by atoms with van der Waals surface area (Å²) < 4.78 is 5.02. The number of hydrogen-bond acceptors (Lipinski definition) is 4. The smallest absolute Gasteiger partial charge is 0.293 e. The second-order valence-corrected chi connectivity index (χ2v) is 6.07. The molecule has 1 aromatic heterocycles. The van der Waals surface area contributed by atoms with Crippen molar-refractivity contribution in [3.63, 3.8) is 0 Å². The maximum absolute atomic E-state index is 12.7. The Balaban J connectivity index is 1.67. The normalized spacial score (nSPS) is 10.1. The minimum atomic E-state index is -0.450. The van der Waals surface area contributed by atoms with Crippen LogP contribution in [0.25, 0.3) is 0 Å². The van der Waals surface area contributed by atoms with Crippen molar-refractivity contribution < 1.29 is 14.0 Å². The van der Waals surface area contributed by atoms with Crippen LogP contribution in [0.3, 0.4) is 0 Å². The van der Waals surface area contributed by atoms with Crippen molar-refractivity contribution in [2.45, 2.75) is 0 Å². The van der Waals surface area contributed by atoms with E-state index in [1.165, 1.54) is 12.3 Å². The van der Waals surface area contributed by atoms with Gasteiger partial charge in [-0.2, -0.15) is 0 Å². The fourth-order valence-electron chi connectivity index (χ4n) is 2.43. The van der Waals surface area contributed by atoms with Crippen molar-refractivity contribution in [2.75, 3.05) is 17.3 Å². The molecular formula is C20H17N3O3S. The van der Waals surface area contributed by atoms with Crippen molar-refractivity contribution in [3.05, 3.63) is 84.3 Å². The van der Waals surface area contributed by atoms with Crippen molar-refractivity contribution >= 4 is 40.5 Å². The lowest BCUT2D eigenvalue weighted by Gasteiger charge is -2.18. The summed E-state index contributed by atoms with van der Waals surface area (Å²) in [6.45, 7) is 0. The molecule has 6 nitrogen and oxygen atoms in total. The Hall–Kier alpha value is -3.45. The summed E-state index contributed by atoms with van der Waals surface area (Å²) in [5.74, 6) is -0.448. The Morgan fingerprint density at radius 1 is 1.00 bits per heavy atom. The van der Waals surface area contributed by atoms with E-state index in [0.717, 1.165) is 5.69 Å². The van der Waals surface area contributed by atoms with Gasteiger partial charge in [-0.15, -0.1) is 0 Å². The number of rotatable bonds is 4. The number of carbonyl (C=O) groups is 2. The molecule has 0 aliphatic heterocycles. The molecule has 2 N–H and O–H groups in total. The second-order valence-electron chi connectivity index (χ2n) is 5.67. The van der Waals surface area contributed by atoms with E-state index in [4.69, 9.17) is 16.6 Å². The Morgan fingerprint density at radius 2 is 1.78 bits per heavy atom. The highest BCUT2D eigenvalue weighted by atomic mass is 32.1. The molecule has 0 saturated heterocycles. The molecular weight excluding hydrogens is 362 g/mol. The van der Waals surface area contributed by atoms with Gasteiger partial charge in [0.1, 0.15) is 0 Å². The van der Waals surface area contributed by atoms with Gasteiger partial charge in [-0.25, -0.2) is 0 Å². The second kappa shape index (κ2) is 8.29. The number of anilines is 2. The third-order valence-electron chi connectivity index (χ3n) is 3.79. The van der Waals surface area contributed by atoms with Crippen LogP contribution in [-0.4, -0.2) is 24.0 Å². The van der Waals surface area contributed by atoms with E-state index in [9.17, 15) is 9.59 Å². The maximum atomic E-state index is 12.7. The first-order valence-corrected chi connectivity index (χ1v) is 8.54. The van der Waals surface area contributed by atoms with Crippen molar-refractivity contribution in [1.82, 2.24) is 5.32 Å². The molecule has 0 spiro atoms. The first kappa shape index (κ1) is 18.3. The molecule has 7 heteroatoms. The number of carbonyl (C=O) groups excluding carboxylic acids is 2. The van der Waals surface area contributed by atoms with Crippen LogP contribution < -0.4 is 15.5 Å². The van der Waals surface area contributed by atoms with E-state index in [2.05, 4.69) is 10.6 Å². The predicted molar refractivity (Wildman–Crippen MR) is 108 cm³/mol. The quantitative estimate of drug-likeness (QED) is 0.677. The molecule has 0 bridgehead atoms. The fourth-order valence-corrected chi connectivity index (χ4v) is 2.64. The summed E-state index contributed by atoms with van der Waals surface area (Å²) >= 11 is 5.14. The van der Waals surface area contributed by atoms with Crippen LogP contribution in [0.4, 0.5) is 11.4 Å². The Kier molecular flexibility index (Phi) is 5.63. The van der Waals surface area contributed by atoms with Gasteiger partial charge in [0.15, 0.2) is 10.9 Å². The highest BCUT2D eigenvalue weighted by Crippen LogP contribution is 2.17. The number of benzene rings is 2. The molecule has 0 fully saturated rings. The Labute approximate surface area is 161 Å². The molecule has 3 rings (SSSR count). The summed E-state index contributed by atoms with van der Waals surface area (Å²) in [4.78, 5) is 26.2. The number of furan rings is 1. The molecule has 0 unspecified atom stereocenters. The molecule has 27 heavy (non-hydrogen) atoms. The van der Waals surface area contributed by atoms with Gasteiger partial charge in [-0.1, -0.05) is 24.3 Å². The highest BCUT2D eigenvalue weighted by molar-refractivity contribution is 7.80. The van der Waals surface area contributed by atoms with Crippen LogP contribution >= 0.6 is 12.2 Å². The highest BCUT2D eigenvalue weighted by Gasteiger charge is 2.14. The first-order valence-electron chi connectivity index (χ1n) is 8.13. The standard InChI is InChI=1S/C20H17N3O3S/c1-23(16-9-3-2-4-10-16)19(25)14-7-5-8-15(13-14)21-20(27)22-18(24)17-11-6-12-26-17/h2-13H,1H3,(H2,21,22,24,27). The van der Waals surface area contributed by atoms with Gasteiger partial charge in [0.05, 0.1) is 6.26 Å². The zero-order valence-electron chi connectivity index (χ0n) is 14.5. The van der Waals surface area contributed by atoms with Gasteiger partial charge in [-0.3, -0.25) is 14.9 Å². The maximum Gasteiger partial charge on any atom is 0.293 e. The molecule has 0 radical (unpaired) electrons. The lowest BCUT2D eigenvalue weighted by Crippen LogP contribution is -2.34. The van der Waals surface area contributed by atoms with Gasteiger partial charge in [0.2, 0.25) is 0 Å². The van der Waals surface area contributed by atoms with E-state index in [1.54, 1.807) is 42.3 Å². The summed E-state index contributed by atoms with van der Waals surface area (Å²) in [6.07, 6.45) is 1.41. The molecule has 2 amide bonds. The third-order valence-corrected chi connectivity index (χ3v) is 3.99. The van der Waals surface area contributed by atoms with Crippen LogP contribution in [0, 0.1) is 0 Å². The molecule has 1 heterocycles. The summed E-state index contributed by atoms with van der Waals surface area (Å²) in [6, 6.07) is 19.4. The monoisotopic (exact) mass is 379 g/mol. The van der Waals surface area contributed by atoms with E-state index >= 15 is 0 Å². The van der Waals surface area contributed by atoms with Crippen LogP contribution in [0.2, 0.25) is 0 Å². The van der Waals surface area contributed by atoms with E-state index in [1.807, 2.05) is 30.3 Å². The van der Waals surface area contributed by atoms with Crippen molar-refractivity contribution in [2.24, 2.45) is 0 Å². The van der Waals surface area contributed by atoms with Gasteiger partial charge >= 0.3 is 0 Å². The van der Waals surface area contributed by atoms with E-state index in [0.29, 0.717) is 11.3 Å². The van der Waals surface area contributed by atoms with Crippen LogP contribution in [-0.2, 0) is 0 Å². The number of nitrogens with one attached hydrogen (secondary N) is 2. The van der Waals surface area contributed by atoms with Gasteiger partial charge in [0, 0.05) is 24.0 Å². The average Bonchev–Trinajstić information content (AvgIpc) is 3.22. The molecule has 0 aliphatic rings. The summed E-state index contributed by atoms with van der Waals surface area (Å²) in [5, 5.41) is 5.52. The van der Waals surface area contributed by atoms with Crippen molar-refractivity contribution in [1.29, 1.82) is 0 Å². The van der Waals surface area contributed by atoms with Crippen LogP contribution in [0.5, 0.6) is 0 Å². The summed E-state index contributed by atoms with van der Waals surface area (Å²) in [7, 11) is 1.71. The number of para-hydroxylation sites is 1. The lowest BCUT2D eigenvalue weighted by molar-refractivity contribution is 0.0949.